The number of esters is 2. The van der Waals surface area contributed by atoms with Crippen LogP contribution in [0, 0.1) is 33.5 Å². The van der Waals surface area contributed by atoms with Gasteiger partial charge in [0.1, 0.15) is 12.2 Å². The Morgan fingerprint density at radius 2 is 1.68 bits per heavy atom. The number of carbonyl (C=O) groups is 2. The Balaban J connectivity index is 1.51. The zero-order valence-corrected chi connectivity index (χ0v) is 23.1. The highest BCUT2D eigenvalue weighted by Gasteiger charge is 2.78. The van der Waals surface area contributed by atoms with Crippen LogP contribution in [0.4, 0.5) is 0 Å². The van der Waals surface area contributed by atoms with Crippen molar-refractivity contribution in [2.75, 3.05) is 6.61 Å². The van der Waals surface area contributed by atoms with Crippen LogP contribution >= 0.6 is 0 Å². The van der Waals surface area contributed by atoms with E-state index in [-0.39, 0.29) is 29.7 Å². The van der Waals surface area contributed by atoms with Crippen LogP contribution in [0.3, 0.4) is 0 Å². The summed E-state index contributed by atoms with van der Waals surface area (Å²) in [5.41, 5.74) is -0.411. The average molecular weight is 529 g/mol. The van der Waals surface area contributed by atoms with Crippen molar-refractivity contribution in [3.05, 3.63) is 35.8 Å². The third kappa shape index (κ3) is 3.02. The van der Waals surface area contributed by atoms with Gasteiger partial charge in [0, 0.05) is 53.8 Å². The summed E-state index contributed by atoms with van der Waals surface area (Å²) < 4.78 is 23.7. The van der Waals surface area contributed by atoms with E-state index in [0.29, 0.717) is 19.4 Å². The first kappa shape index (κ1) is 26.1. The minimum Gasteiger partial charge on any atom is -0.472 e. The number of aliphatic hydroxyl groups excluding tert-OH is 2. The lowest BCUT2D eigenvalue weighted by atomic mass is 9.36. The molecule has 6 rings (SSSR count). The monoisotopic (exact) mass is 528 g/mol. The molecular formula is C30H40O8. The van der Waals surface area contributed by atoms with E-state index in [2.05, 4.69) is 33.8 Å². The SMILES string of the molecule is CC(=O)O[C@H]1C[C@H]2[C@](C)(C3=CC[C@H](c4ccoc4)[C@@]31C)[C@H](O)[C@@H]1OC[C@]3(C)[C@H](OC(C)=O)C[C@H](O)[C@@]2(C)[C@@H]13. The molecule has 8 heteroatoms. The molecule has 4 fully saturated rings. The molecule has 0 aromatic carbocycles. The van der Waals surface area contributed by atoms with Crippen molar-refractivity contribution < 1.29 is 38.4 Å². The molecule has 1 saturated heterocycles. The zero-order chi connectivity index (χ0) is 27.4. The molecular weight excluding hydrogens is 488 g/mol. The van der Waals surface area contributed by atoms with E-state index >= 15 is 0 Å². The maximum Gasteiger partial charge on any atom is 0.302 e. The molecule has 2 heterocycles. The van der Waals surface area contributed by atoms with Crippen molar-refractivity contribution >= 4 is 11.9 Å². The van der Waals surface area contributed by atoms with Gasteiger partial charge < -0.3 is 28.8 Å². The molecule has 4 aliphatic carbocycles. The van der Waals surface area contributed by atoms with Gasteiger partial charge in [0.2, 0.25) is 0 Å². The minimum atomic E-state index is -0.845. The normalized spacial score (nSPS) is 50.9. The summed E-state index contributed by atoms with van der Waals surface area (Å²) in [5.74, 6) is -1.15. The molecule has 1 aliphatic heterocycles. The summed E-state index contributed by atoms with van der Waals surface area (Å²) in [6.07, 6.45) is 4.06. The van der Waals surface area contributed by atoms with Crippen molar-refractivity contribution in [2.45, 2.75) is 97.2 Å². The van der Waals surface area contributed by atoms with Gasteiger partial charge in [0.25, 0.3) is 0 Å². The number of allylic oxidation sites excluding steroid dienone is 1. The Morgan fingerprint density at radius 1 is 1.00 bits per heavy atom. The predicted octanol–water partition coefficient (Wildman–Crippen LogP) is 3.76. The van der Waals surface area contributed by atoms with Gasteiger partial charge in [0.05, 0.1) is 37.4 Å². The number of hydrogen-bond acceptors (Lipinski definition) is 8. The van der Waals surface area contributed by atoms with E-state index in [9.17, 15) is 19.8 Å². The van der Waals surface area contributed by atoms with E-state index in [4.69, 9.17) is 18.6 Å². The second-order valence-electron chi connectivity index (χ2n) is 13.3. The second-order valence-corrected chi connectivity index (χ2v) is 13.3. The Kier molecular flexibility index (Phi) is 5.61. The highest BCUT2D eigenvalue weighted by atomic mass is 16.6. The first-order valence-electron chi connectivity index (χ1n) is 13.9. The Morgan fingerprint density at radius 3 is 2.32 bits per heavy atom. The van der Waals surface area contributed by atoms with Gasteiger partial charge in [0.15, 0.2) is 0 Å². The second kappa shape index (κ2) is 8.18. The van der Waals surface area contributed by atoms with E-state index in [1.54, 1.807) is 12.5 Å². The van der Waals surface area contributed by atoms with Gasteiger partial charge in [-0.2, -0.15) is 0 Å². The number of furan rings is 1. The minimum absolute atomic E-state index is 0.0236. The zero-order valence-electron chi connectivity index (χ0n) is 23.1. The molecule has 0 amide bonds. The highest BCUT2D eigenvalue weighted by molar-refractivity contribution is 5.67. The number of ether oxygens (including phenoxy) is 3. The van der Waals surface area contributed by atoms with Gasteiger partial charge in [-0.1, -0.05) is 39.3 Å². The maximum atomic E-state index is 12.5. The molecule has 12 atom stereocenters. The van der Waals surface area contributed by atoms with Crippen molar-refractivity contribution in [3.63, 3.8) is 0 Å². The predicted molar refractivity (Wildman–Crippen MR) is 136 cm³/mol. The molecule has 0 unspecified atom stereocenters. The van der Waals surface area contributed by atoms with Crippen LogP contribution in [0.1, 0.15) is 72.3 Å². The van der Waals surface area contributed by atoms with Crippen LogP contribution in [0.5, 0.6) is 0 Å². The number of rotatable bonds is 3. The van der Waals surface area contributed by atoms with Crippen LogP contribution in [0.2, 0.25) is 0 Å². The van der Waals surface area contributed by atoms with E-state index in [0.717, 1.165) is 17.6 Å². The van der Waals surface area contributed by atoms with Crippen molar-refractivity contribution in [2.24, 2.45) is 33.5 Å². The van der Waals surface area contributed by atoms with E-state index in [1.165, 1.54) is 13.8 Å². The summed E-state index contributed by atoms with van der Waals surface area (Å²) in [6.45, 7) is 11.6. The largest absolute Gasteiger partial charge is 0.472 e. The third-order valence-corrected chi connectivity index (χ3v) is 11.7. The van der Waals surface area contributed by atoms with Crippen molar-refractivity contribution in [1.29, 1.82) is 0 Å². The van der Waals surface area contributed by atoms with E-state index in [1.807, 2.05) is 6.07 Å². The summed E-state index contributed by atoms with van der Waals surface area (Å²) in [6, 6.07) is 1.96. The Bertz CT molecular complexity index is 1170. The number of hydrogen-bond donors (Lipinski definition) is 2. The van der Waals surface area contributed by atoms with Crippen LogP contribution in [0.15, 0.2) is 34.7 Å². The van der Waals surface area contributed by atoms with Gasteiger partial charge in [-0.15, -0.1) is 0 Å². The van der Waals surface area contributed by atoms with Gasteiger partial charge in [-0.05, 0) is 30.4 Å². The number of aliphatic hydroxyl groups is 2. The molecule has 0 bridgehead atoms. The van der Waals surface area contributed by atoms with Crippen LogP contribution < -0.4 is 0 Å². The molecule has 1 aromatic rings. The smallest absolute Gasteiger partial charge is 0.302 e. The summed E-state index contributed by atoms with van der Waals surface area (Å²) >= 11 is 0. The number of fused-ring (bicyclic) bond motifs is 4. The summed E-state index contributed by atoms with van der Waals surface area (Å²) in [5, 5.41) is 24.1. The lowest BCUT2D eigenvalue weighted by Gasteiger charge is -2.69. The first-order chi connectivity index (χ1) is 17.8. The van der Waals surface area contributed by atoms with E-state index < -0.39 is 52.2 Å². The standard InChI is InChI=1S/C30H40O8/c1-15(31)37-22-12-21(33)30(6)20-11-23(38-16(2)32)28(4)18(17-9-10-35-13-17)7-8-19(28)29(20,5)26(34)24-25(30)27(22,3)14-36-24/h8-10,13,18,20-26,33-34H,7,11-12,14H2,1-6H3/t18-,20+,21+,22-,23+,24-,25+,26-,27-,28+,29+,30+/m1/s1. The molecule has 38 heavy (non-hydrogen) atoms. The molecule has 8 nitrogen and oxygen atoms in total. The highest BCUT2D eigenvalue weighted by Crippen LogP contribution is 2.75. The molecule has 5 aliphatic rings. The molecule has 0 spiro atoms. The van der Waals surface area contributed by atoms with Crippen LogP contribution in [-0.4, -0.2) is 59.3 Å². The third-order valence-electron chi connectivity index (χ3n) is 11.7. The fourth-order valence-corrected chi connectivity index (χ4v) is 10.1. The Labute approximate surface area is 223 Å². The average Bonchev–Trinajstić information content (AvgIpc) is 3.56. The molecule has 3 saturated carbocycles. The van der Waals surface area contributed by atoms with Gasteiger partial charge in [-0.3, -0.25) is 9.59 Å². The van der Waals surface area contributed by atoms with Crippen molar-refractivity contribution in [3.8, 4) is 0 Å². The molecule has 208 valence electrons. The molecule has 1 aromatic heterocycles. The molecule has 2 N–H and O–H groups in total. The van der Waals surface area contributed by atoms with Gasteiger partial charge in [-0.25, -0.2) is 0 Å². The lowest BCUT2D eigenvalue weighted by Crippen LogP contribution is -2.73. The van der Waals surface area contributed by atoms with Crippen molar-refractivity contribution in [1.82, 2.24) is 0 Å². The number of carbonyl (C=O) groups excluding carboxylic acids is 2. The van der Waals surface area contributed by atoms with Gasteiger partial charge >= 0.3 is 11.9 Å². The fraction of sp³-hybridized carbons (Fsp3) is 0.733. The quantitative estimate of drug-likeness (QED) is 0.450. The van der Waals surface area contributed by atoms with Crippen LogP contribution in [-0.2, 0) is 23.8 Å². The fourth-order valence-electron chi connectivity index (χ4n) is 10.1. The first-order valence-corrected chi connectivity index (χ1v) is 13.9. The summed E-state index contributed by atoms with van der Waals surface area (Å²) in [4.78, 5) is 24.4. The van der Waals surface area contributed by atoms with Crippen LogP contribution in [0.25, 0.3) is 0 Å². The Hall–Kier alpha value is -2.16. The molecule has 0 radical (unpaired) electrons. The maximum absolute atomic E-state index is 12.5. The topological polar surface area (TPSA) is 115 Å². The summed E-state index contributed by atoms with van der Waals surface area (Å²) in [7, 11) is 0. The lowest BCUT2D eigenvalue weighted by molar-refractivity contribution is -0.267.